The zero-order chi connectivity index (χ0) is 11.8. The summed E-state index contributed by atoms with van der Waals surface area (Å²) in [6, 6.07) is 0. The molecule has 3 heteroatoms. The van der Waals surface area contributed by atoms with Crippen LogP contribution in [-0.4, -0.2) is 22.3 Å². The Morgan fingerprint density at radius 1 is 1.25 bits per heavy atom. The van der Waals surface area contributed by atoms with Crippen LogP contribution in [0.25, 0.3) is 0 Å². The summed E-state index contributed by atoms with van der Waals surface area (Å²) in [5.41, 5.74) is -1.64. The van der Waals surface area contributed by atoms with Crippen molar-refractivity contribution in [2.24, 2.45) is 5.41 Å². The lowest BCUT2D eigenvalue weighted by Gasteiger charge is -2.51. The number of hydrogen-bond donors (Lipinski definition) is 1. The van der Waals surface area contributed by atoms with E-state index >= 15 is 0 Å². The van der Waals surface area contributed by atoms with Gasteiger partial charge in [-0.05, 0) is 25.7 Å². The summed E-state index contributed by atoms with van der Waals surface area (Å²) in [6.07, 6.45) is 4.77. The van der Waals surface area contributed by atoms with E-state index in [1.807, 2.05) is 6.92 Å². The lowest BCUT2D eigenvalue weighted by atomic mass is 9.54. The molecule has 2 aliphatic rings. The van der Waals surface area contributed by atoms with Crippen LogP contribution in [0.4, 0.5) is 0 Å². The van der Waals surface area contributed by atoms with Gasteiger partial charge in [-0.25, -0.2) is 0 Å². The number of carbonyl (C=O) groups is 2. The minimum Gasteiger partial charge on any atom is -0.388 e. The van der Waals surface area contributed by atoms with Crippen molar-refractivity contribution >= 4 is 11.6 Å². The molecular formula is C13H20O3. The average Bonchev–Trinajstić information content (AvgIpc) is 2.21. The van der Waals surface area contributed by atoms with Gasteiger partial charge in [-0.15, -0.1) is 0 Å². The van der Waals surface area contributed by atoms with Crippen LogP contribution in [0.3, 0.4) is 0 Å². The molecule has 0 unspecified atom stereocenters. The lowest BCUT2D eigenvalue weighted by Crippen LogP contribution is -2.59. The minimum atomic E-state index is -1.03. The van der Waals surface area contributed by atoms with E-state index in [9.17, 15) is 14.7 Å². The van der Waals surface area contributed by atoms with Gasteiger partial charge in [-0.3, -0.25) is 9.59 Å². The van der Waals surface area contributed by atoms with E-state index in [0.29, 0.717) is 25.7 Å². The third-order valence-corrected chi connectivity index (χ3v) is 4.42. The van der Waals surface area contributed by atoms with Gasteiger partial charge in [0.25, 0.3) is 0 Å². The van der Waals surface area contributed by atoms with Gasteiger partial charge in [0.15, 0.2) is 0 Å². The quantitative estimate of drug-likeness (QED) is 0.780. The summed E-state index contributed by atoms with van der Waals surface area (Å²) in [4.78, 5) is 23.7. The largest absolute Gasteiger partial charge is 0.388 e. The standard InChI is InChI=1S/C13H20O3/c1-2-6-12-8-5-10(14)9-13(12,16)7-3-4-11(12)15/h16H,2-9H2,1H3/t12-,13+/m1/s1. The van der Waals surface area contributed by atoms with Gasteiger partial charge in [0.1, 0.15) is 11.6 Å². The molecule has 0 spiro atoms. The Morgan fingerprint density at radius 2 is 2.00 bits per heavy atom. The zero-order valence-electron chi connectivity index (χ0n) is 9.92. The molecule has 0 radical (unpaired) electrons. The lowest BCUT2D eigenvalue weighted by molar-refractivity contribution is -0.173. The normalized spacial score (nSPS) is 39.6. The molecule has 2 aliphatic carbocycles. The topological polar surface area (TPSA) is 54.4 Å². The van der Waals surface area contributed by atoms with Crippen molar-refractivity contribution in [3.63, 3.8) is 0 Å². The maximum absolute atomic E-state index is 12.2. The highest BCUT2D eigenvalue weighted by molar-refractivity contribution is 5.91. The van der Waals surface area contributed by atoms with Gasteiger partial charge in [-0.2, -0.15) is 0 Å². The van der Waals surface area contributed by atoms with E-state index in [4.69, 9.17) is 0 Å². The maximum atomic E-state index is 12.2. The molecule has 2 fully saturated rings. The number of carbonyl (C=O) groups excluding carboxylic acids is 2. The highest BCUT2D eigenvalue weighted by atomic mass is 16.3. The van der Waals surface area contributed by atoms with Crippen LogP contribution in [0.5, 0.6) is 0 Å². The zero-order valence-corrected chi connectivity index (χ0v) is 9.92. The molecule has 0 aromatic heterocycles. The molecule has 0 aromatic carbocycles. The van der Waals surface area contributed by atoms with Gasteiger partial charge in [0.2, 0.25) is 0 Å². The van der Waals surface area contributed by atoms with Gasteiger partial charge in [0, 0.05) is 19.3 Å². The Balaban J connectivity index is 2.37. The summed E-state index contributed by atoms with van der Waals surface area (Å²) in [7, 11) is 0. The minimum absolute atomic E-state index is 0.115. The smallest absolute Gasteiger partial charge is 0.141 e. The molecule has 2 rings (SSSR count). The predicted octanol–water partition coefficient (Wildman–Crippen LogP) is 2.01. The predicted molar refractivity (Wildman–Crippen MR) is 60.0 cm³/mol. The summed E-state index contributed by atoms with van der Waals surface area (Å²) >= 11 is 0. The van der Waals surface area contributed by atoms with Crippen molar-refractivity contribution in [2.45, 2.75) is 63.9 Å². The second-order valence-electron chi connectivity index (χ2n) is 5.36. The molecule has 90 valence electrons. The Bertz CT molecular complexity index is 323. The van der Waals surface area contributed by atoms with E-state index in [-0.39, 0.29) is 18.0 Å². The van der Waals surface area contributed by atoms with Crippen LogP contribution in [-0.2, 0) is 9.59 Å². The van der Waals surface area contributed by atoms with Crippen molar-refractivity contribution < 1.29 is 14.7 Å². The van der Waals surface area contributed by atoms with E-state index in [1.165, 1.54) is 0 Å². The van der Waals surface area contributed by atoms with Crippen molar-refractivity contribution in [1.82, 2.24) is 0 Å². The van der Waals surface area contributed by atoms with Crippen molar-refractivity contribution in [3.8, 4) is 0 Å². The summed E-state index contributed by atoms with van der Waals surface area (Å²) in [5, 5.41) is 10.7. The van der Waals surface area contributed by atoms with Gasteiger partial charge < -0.3 is 5.11 Å². The van der Waals surface area contributed by atoms with Gasteiger partial charge >= 0.3 is 0 Å². The van der Waals surface area contributed by atoms with E-state index < -0.39 is 11.0 Å². The van der Waals surface area contributed by atoms with Crippen LogP contribution in [0, 0.1) is 5.41 Å². The molecule has 0 aliphatic heterocycles. The van der Waals surface area contributed by atoms with Crippen molar-refractivity contribution in [2.75, 3.05) is 0 Å². The second kappa shape index (κ2) is 3.95. The third kappa shape index (κ3) is 1.53. The fraction of sp³-hybridized carbons (Fsp3) is 0.846. The molecule has 0 saturated heterocycles. The fourth-order valence-corrected chi connectivity index (χ4v) is 3.60. The first-order chi connectivity index (χ1) is 7.54. The molecule has 0 bridgehead atoms. The second-order valence-corrected chi connectivity index (χ2v) is 5.36. The molecule has 3 nitrogen and oxygen atoms in total. The van der Waals surface area contributed by atoms with E-state index in [1.54, 1.807) is 0 Å². The van der Waals surface area contributed by atoms with Crippen LogP contribution >= 0.6 is 0 Å². The Hall–Kier alpha value is -0.700. The Kier molecular flexibility index (Phi) is 2.91. The SMILES string of the molecule is CCC[C@]12CCC(=O)C[C@@]1(O)CCCC2=O. The Morgan fingerprint density at radius 3 is 2.69 bits per heavy atom. The summed E-state index contributed by atoms with van der Waals surface area (Å²) in [5.74, 6) is 0.305. The molecule has 0 aromatic rings. The van der Waals surface area contributed by atoms with Crippen LogP contribution < -0.4 is 0 Å². The molecule has 0 heterocycles. The maximum Gasteiger partial charge on any atom is 0.141 e. The molecule has 2 saturated carbocycles. The Labute approximate surface area is 96.2 Å². The summed E-state index contributed by atoms with van der Waals surface area (Å²) < 4.78 is 0. The molecular weight excluding hydrogens is 204 g/mol. The van der Waals surface area contributed by atoms with Crippen LogP contribution in [0.15, 0.2) is 0 Å². The fourth-order valence-electron chi connectivity index (χ4n) is 3.60. The number of ketones is 2. The monoisotopic (exact) mass is 224 g/mol. The van der Waals surface area contributed by atoms with Crippen molar-refractivity contribution in [1.29, 1.82) is 0 Å². The van der Waals surface area contributed by atoms with Crippen LogP contribution in [0.1, 0.15) is 58.3 Å². The first-order valence-electron chi connectivity index (χ1n) is 6.31. The number of rotatable bonds is 2. The third-order valence-electron chi connectivity index (χ3n) is 4.42. The number of aliphatic hydroxyl groups is 1. The van der Waals surface area contributed by atoms with E-state index in [2.05, 4.69) is 0 Å². The van der Waals surface area contributed by atoms with Crippen LogP contribution in [0.2, 0.25) is 0 Å². The molecule has 2 atom stereocenters. The number of Topliss-reactive ketones (excluding diaryl/α,β-unsaturated/α-hetero) is 2. The first kappa shape index (κ1) is 11.8. The first-order valence-corrected chi connectivity index (χ1v) is 6.31. The van der Waals surface area contributed by atoms with E-state index in [0.717, 1.165) is 19.3 Å². The molecule has 0 amide bonds. The highest BCUT2D eigenvalue weighted by Gasteiger charge is 2.58. The van der Waals surface area contributed by atoms with Crippen molar-refractivity contribution in [3.05, 3.63) is 0 Å². The number of hydrogen-bond acceptors (Lipinski definition) is 3. The highest BCUT2D eigenvalue weighted by Crippen LogP contribution is 2.52. The summed E-state index contributed by atoms with van der Waals surface area (Å²) in [6.45, 7) is 2.04. The average molecular weight is 224 g/mol. The molecule has 1 N–H and O–H groups in total. The van der Waals surface area contributed by atoms with Gasteiger partial charge in [0.05, 0.1) is 11.0 Å². The van der Waals surface area contributed by atoms with Gasteiger partial charge in [-0.1, -0.05) is 13.3 Å². The molecule has 16 heavy (non-hydrogen) atoms. The number of fused-ring (bicyclic) bond motifs is 1.